The minimum atomic E-state index is -4.29. The van der Waals surface area contributed by atoms with Crippen molar-refractivity contribution in [2.24, 2.45) is 0 Å². The van der Waals surface area contributed by atoms with Gasteiger partial charge in [0.25, 0.3) is 0 Å². The number of sulfone groups is 2. The second-order valence-electron chi connectivity index (χ2n) is 7.62. The molecule has 0 saturated carbocycles. The fourth-order valence-electron chi connectivity index (χ4n) is 3.97. The molecule has 2 aliphatic rings. The molecule has 0 amide bonds. The van der Waals surface area contributed by atoms with Gasteiger partial charge in [-0.15, -0.1) is 0 Å². The summed E-state index contributed by atoms with van der Waals surface area (Å²) in [6.45, 7) is 3.99. The predicted octanol–water partition coefficient (Wildman–Crippen LogP) is 3.27. The Morgan fingerprint density at radius 1 is 0.828 bits per heavy atom. The molecule has 2 aromatic carbocycles. The zero-order valence-corrected chi connectivity index (χ0v) is 17.5. The second kappa shape index (κ2) is 7.04. The zero-order chi connectivity index (χ0) is 21.0. The molecule has 8 heteroatoms. The van der Waals surface area contributed by atoms with E-state index in [2.05, 4.69) is 0 Å². The zero-order valence-electron chi connectivity index (χ0n) is 15.9. The Hall–Kier alpha value is -2.03. The summed E-state index contributed by atoms with van der Waals surface area (Å²) in [6, 6.07) is 11.4. The number of hydrogen-bond donors (Lipinski definition) is 0. The summed E-state index contributed by atoms with van der Waals surface area (Å²) < 4.78 is 73.2. The quantitative estimate of drug-likeness (QED) is 0.673. The van der Waals surface area contributed by atoms with Gasteiger partial charge >= 0.3 is 0 Å². The van der Waals surface area contributed by atoms with Gasteiger partial charge in [0, 0.05) is 0 Å². The fourth-order valence-corrected chi connectivity index (χ4v) is 8.61. The number of rotatable bonds is 5. The van der Waals surface area contributed by atoms with Gasteiger partial charge in [-0.3, -0.25) is 0 Å². The SMILES string of the molecule is CC(C)c1ccc(S(=O)(=O)C2C(S(=O)(=O)c3ccccc3F)[C@H]3C=C[C@@H]2O3)cc1. The number of fused-ring (bicyclic) bond motifs is 2. The van der Waals surface area contributed by atoms with Gasteiger partial charge in [-0.05, 0) is 35.7 Å². The molecule has 2 aliphatic heterocycles. The minimum Gasteiger partial charge on any atom is -0.364 e. The molecule has 0 N–H and O–H groups in total. The molecule has 4 atom stereocenters. The van der Waals surface area contributed by atoms with Gasteiger partial charge in [-0.2, -0.15) is 0 Å². The van der Waals surface area contributed by atoms with Crippen LogP contribution in [-0.2, 0) is 24.4 Å². The maximum absolute atomic E-state index is 14.3. The van der Waals surface area contributed by atoms with Crippen molar-refractivity contribution < 1.29 is 26.0 Å². The van der Waals surface area contributed by atoms with Gasteiger partial charge in [-0.1, -0.05) is 50.3 Å². The molecule has 2 aromatic rings. The highest BCUT2D eigenvalue weighted by atomic mass is 32.2. The topological polar surface area (TPSA) is 77.5 Å². The van der Waals surface area contributed by atoms with E-state index in [1.165, 1.54) is 24.3 Å². The van der Waals surface area contributed by atoms with Crippen molar-refractivity contribution in [1.29, 1.82) is 0 Å². The van der Waals surface area contributed by atoms with Crippen molar-refractivity contribution in [2.45, 2.75) is 52.3 Å². The van der Waals surface area contributed by atoms with Crippen molar-refractivity contribution in [3.63, 3.8) is 0 Å². The van der Waals surface area contributed by atoms with E-state index in [0.717, 1.165) is 17.7 Å². The number of halogens is 1. The highest BCUT2D eigenvalue weighted by molar-refractivity contribution is 7.96. The normalized spacial score (nSPS) is 26.3. The van der Waals surface area contributed by atoms with Crippen molar-refractivity contribution in [3.8, 4) is 0 Å². The second-order valence-corrected chi connectivity index (χ2v) is 11.8. The lowest BCUT2D eigenvalue weighted by Gasteiger charge is -2.25. The van der Waals surface area contributed by atoms with E-state index in [-0.39, 0.29) is 10.8 Å². The number of hydrogen-bond acceptors (Lipinski definition) is 5. The maximum Gasteiger partial charge on any atom is 0.188 e. The Bertz CT molecular complexity index is 1170. The largest absolute Gasteiger partial charge is 0.364 e. The summed E-state index contributed by atoms with van der Waals surface area (Å²) in [5.74, 6) is -0.675. The highest BCUT2D eigenvalue weighted by Crippen LogP contribution is 2.42. The van der Waals surface area contributed by atoms with Gasteiger partial charge in [0.1, 0.15) is 21.2 Å². The first-order valence-corrected chi connectivity index (χ1v) is 12.4. The molecule has 1 fully saturated rings. The summed E-state index contributed by atoms with van der Waals surface area (Å²) in [5.41, 5.74) is 0.976. The van der Waals surface area contributed by atoms with E-state index < -0.39 is 53.1 Å². The number of benzene rings is 2. The van der Waals surface area contributed by atoms with E-state index in [1.807, 2.05) is 13.8 Å². The molecule has 0 aromatic heterocycles. The van der Waals surface area contributed by atoms with Crippen molar-refractivity contribution in [3.05, 3.63) is 72.1 Å². The van der Waals surface area contributed by atoms with Crippen LogP contribution in [0.2, 0.25) is 0 Å². The van der Waals surface area contributed by atoms with Gasteiger partial charge in [-0.25, -0.2) is 21.2 Å². The molecule has 5 nitrogen and oxygen atoms in total. The first-order chi connectivity index (χ1) is 13.6. The molecule has 29 heavy (non-hydrogen) atoms. The van der Waals surface area contributed by atoms with E-state index in [1.54, 1.807) is 24.3 Å². The van der Waals surface area contributed by atoms with Crippen molar-refractivity contribution in [1.82, 2.24) is 0 Å². The van der Waals surface area contributed by atoms with E-state index in [0.29, 0.717) is 0 Å². The third-order valence-corrected chi connectivity index (χ3v) is 10.1. The molecule has 1 saturated heterocycles. The first kappa shape index (κ1) is 20.3. The Labute approximate surface area is 170 Å². The molecular weight excluding hydrogens is 415 g/mol. The van der Waals surface area contributed by atoms with E-state index in [4.69, 9.17) is 4.74 Å². The van der Waals surface area contributed by atoms with Crippen LogP contribution in [0.3, 0.4) is 0 Å². The molecule has 0 spiro atoms. The molecule has 2 unspecified atom stereocenters. The lowest BCUT2D eigenvalue weighted by Crippen LogP contribution is -2.45. The molecule has 154 valence electrons. The predicted molar refractivity (Wildman–Crippen MR) is 107 cm³/mol. The molecule has 2 bridgehead atoms. The van der Waals surface area contributed by atoms with Crippen LogP contribution < -0.4 is 0 Å². The van der Waals surface area contributed by atoms with Gasteiger partial charge < -0.3 is 4.74 Å². The molecule has 0 aliphatic carbocycles. The van der Waals surface area contributed by atoms with Crippen molar-refractivity contribution in [2.75, 3.05) is 0 Å². The third kappa shape index (κ3) is 3.23. The monoisotopic (exact) mass is 436 g/mol. The summed E-state index contributed by atoms with van der Waals surface area (Å²) in [4.78, 5) is -0.477. The van der Waals surface area contributed by atoms with Crippen LogP contribution in [-0.4, -0.2) is 39.5 Å². The van der Waals surface area contributed by atoms with Crippen LogP contribution in [0.5, 0.6) is 0 Å². The van der Waals surface area contributed by atoms with E-state index in [9.17, 15) is 21.2 Å². The molecule has 4 rings (SSSR count). The van der Waals surface area contributed by atoms with E-state index >= 15 is 0 Å². The smallest absolute Gasteiger partial charge is 0.188 e. The van der Waals surface area contributed by atoms with Gasteiger partial charge in [0.2, 0.25) is 0 Å². The molecule has 0 radical (unpaired) electrons. The summed E-state index contributed by atoms with van der Waals surface area (Å²) in [7, 11) is -8.34. The number of ether oxygens (including phenoxy) is 1. The first-order valence-electron chi connectivity index (χ1n) is 9.30. The van der Waals surface area contributed by atoms with Crippen LogP contribution in [0.4, 0.5) is 4.39 Å². The maximum atomic E-state index is 14.3. The Morgan fingerprint density at radius 3 is 1.93 bits per heavy atom. The Morgan fingerprint density at radius 2 is 1.38 bits per heavy atom. The summed E-state index contributed by atoms with van der Waals surface area (Å²) in [6.07, 6.45) is 1.30. The highest BCUT2D eigenvalue weighted by Gasteiger charge is 2.58. The average Bonchev–Trinajstić information content (AvgIpc) is 3.30. The summed E-state index contributed by atoms with van der Waals surface area (Å²) >= 11 is 0. The average molecular weight is 437 g/mol. The molecule has 2 heterocycles. The minimum absolute atomic E-state index is 0.0326. The van der Waals surface area contributed by atoms with Gasteiger partial charge in [0.05, 0.1) is 17.1 Å². The van der Waals surface area contributed by atoms with Crippen LogP contribution >= 0.6 is 0 Å². The Balaban J connectivity index is 1.80. The fraction of sp³-hybridized carbons (Fsp3) is 0.333. The van der Waals surface area contributed by atoms with Crippen LogP contribution in [0, 0.1) is 5.82 Å². The van der Waals surface area contributed by atoms with Crippen LogP contribution in [0.25, 0.3) is 0 Å². The van der Waals surface area contributed by atoms with Crippen LogP contribution in [0.15, 0.2) is 70.5 Å². The van der Waals surface area contributed by atoms with Gasteiger partial charge in [0.15, 0.2) is 19.7 Å². The summed E-state index contributed by atoms with van der Waals surface area (Å²) in [5, 5.41) is -2.75. The van der Waals surface area contributed by atoms with Crippen LogP contribution in [0.1, 0.15) is 25.3 Å². The molecular formula is C21H21FO5S2. The Kier molecular flexibility index (Phi) is 4.91. The third-order valence-electron chi connectivity index (χ3n) is 5.51. The van der Waals surface area contributed by atoms with Crippen molar-refractivity contribution >= 4 is 19.7 Å². The lowest BCUT2D eigenvalue weighted by molar-refractivity contribution is 0.121. The standard InChI is InChI=1S/C21H21FO5S2/c1-13(2)14-7-9-15(10-8-14)28(23,24)20-17-11-12-18(27-17)21(20)29(25,26)19-6-4-3-5-16(19)22/h3-13,17-18,20-21H,1-2H3/t17-,18+,20?,21?/m0/s1. The lowest BCUT2D eigenvalue weighted by atomic mass is 10.0.